The Balaban J connectivity index is 2.37. The molecule has 0 bridgehead atoms. The van der Waals surface area contributed by atoms with E-state index in [4.69, 9.17) is 0 Å². The molecular weight excluding hydrogens is 290 g/mol. The zero-order valence-electron chi connectivity index (χ0n) is 13.2. The fraction of sp³-hybridized carbons (Fsp3) is 0.211. The van der Waals surface area contributed by atoms with E-state index >= 15 is 0 Å². The van der Waals surface area contributed by atoms with Crippen LogP contribution in [0.1, 0.15) is 31.9 Å². The molecule has 2 aromatic carbocycles. The summed E-state index contributed by atoms with van der Waals surface area (Å²) < 4.78 is 16.4. The van der Waals surface area contributed by atoms with Crippen molar-refractivity contribution in [2.75, 3.05) is 0 Å². The first kappa shape index (κ1) is 16.4. The first-order valence-corrected chi connectivity index (χ1v) is 8.37. The molecule has 1 unspecified atom stereocenters. The second kappa shape index (κ2) is 7.32. The maximum atomic E-state index is 12.3. The van der Waals surface area contributed by atoms with Gasteiger partial charge in [0.1, 0.15) is 11.0 Å². The van der Waals surface area contributed by atoms with Crippen molar-refractivity contribution < 1.29 is 4.21 Å². The molecule has 0 fully saturated rings. The Hall–Kier alpha value is -2.00. The van der Waals surface area contributed by atoms with Crippen LogP contribution >= 0.6 is 0 Å². The van der Waals surface area contributed by atoms with Gasteiger partial charge in [-0.1, -0.05) is 66.7 Å². The van der Waals surface area contributed by atoms with Crippen molar-refractivity contribution in [1.29, 1.82) is 0 Å². The third-order valence-electron chi connectivity index (χ3n) is 3.01. The molecule has 114 valence electrons. The minimum atomic E-state index is -1.29. The normalized spacial score (nSPS) is 14.2. The van der Waals surface area contributed by atoms with Crippen LogP contribution in [0.15, 0.2) is 71.1 Å². The van der Waals surface area contributed by atoms with E-state index in [1.54, 1.807) is 0 Å². The Kier molecular flexibility index (Phi) is 5.45. The number of hydrogen-bond donors (Lipinski definition) is 0. The highest BCUT2D eigenvalue weighted by molar-refractivity contribution is 7.85. The van der Waals surface area contributed by atoms with Gasteiger partial charge in [0.2, 0.25) is 0 Å². The van der Waals surface area contributed by atoms with Crippen LogP contribution < -0.4 is 0 Å². The van der Waals surface area contributed by atoms with Gasteiger partial charge < -0.3 is 0 Å². The highest BCUT2D eigenvalue weighted by Crippen LogP contribution is 2.15. The lowest BCUT2D eigenvalue weighted by Crippen LogP contribution is -2.20. The Morgan fingerprint density at radius 1 is 0.955 bits per heavy atom. The van der Waals surface area contributed by atoms with Crippen molar-refractivity contribution in [1.82, 2.24) is 0 Å². The lowest BCUT2D eigenvalue weighted by Gasteiger charge is -2.14. The largest absolute Gasteiger partial charge is 0.234 e. The molecule has 0 amide bonds. The summed E-state index contributed by atoms with van der Waals surface area (Å²) in [5.74, 6) is 0. The Labute approximate surface area is 135 Å². The minimum absolute atomic E-state index is 0.374. The highest BCUT2D eigenvalue weighted by atomic mass is 32.2. The van der Waals surface area contributed by atoms with Gasteiger partial charge in [0.15, 0.2) is 0 Å². The van der Waals surface area contributed by atoms with E-state index in [2.05, 4.69) is 4.40 Å². The molecule has 22 heavy (non-hydrogen) atoms. The summed E-state index contributed by atoms with van der Waals surface area (Å²) in [6.45, 7) is 5.78. The quantitative estimate of drug-likeness (QED) is 0.756. The average molecular weight is 311 g/mol. The summed E-state index contributed by atoms with van der Waals surface area (Å²) in [5, 5.41) is 0. The van der Waals surface area contributed by atoms with E-state index in [-0.39, 0.29) is 4.75 Å². The maximum absolute atomic E-state index is 12.3. The van der Waals surface area contributed by atoms with Gasteiger partial charge in [-0.25, -0.2) is 4.21 Å². The zero-order chi connectivity index (χ0) is 16.0. The van der Waals surface area contributed by atoms with Crippen LogP contribution in [-0.2, 0) is 11.0 Å². The molecule has 3 heteroatoms. The van der Waals surface area contributed by atoms with Crippen molar-refractivity contribution in [3.63, 3.8) is 0 Å². The summed E-state index contributed by atoms with van der Waals surface area (Å²) in [7, 11) is -1.29. The van der Waals surface area contributed by atoms with Crippen molar-refractivity contribution in [3.8, 4) is 0 Å². The van der Waals surface area contributed by atoms with Gasteiger partial charge in [0, 0.05) is 5.56 Å². The molecule has 0 heterocycles. The highest BCUT2D eigenvalue weighted by Gasteiger charge is 2.19. The molecule has 0 N–H and O–H groups in total. The Morgan fingerprint density at radius 3 is 2.05 bits per heavy atom. The van der Waals surface area contributed by atoms with Crippen molar-refractivity contribution in [2.45, 2.75) is 25.5 Å². The second-order valence-electron chi connectivity index (χ2n) is 5.95. The SMILES string of the molecule is CC(C)(C)S(=O)/N=C(/C=C/c1ccccc1)c1ccccc1. The van der Waals surface area contributed by atoms with Crippen LogP contribution in [0.5, 0.6) is 0 Å². The summed E-state index contributed by atoms with van der Waals surface area (Å²) >= 11 is 0. The topological polar surface area (TPSA) is 29.4 Å². The number of nitrogens with zero attached hydrogens (tertiary/aromatic N) is 1. The van der Waals surface area contributed by atoms with Gasteiger partial charge in [-0.15, -0.1) is 0 Å². The minimum Gasteiger partial charge on any atom is -0.234 e. The number of allylic oxidation sites excluding steroid dienone is 1. The molecule has 0 aliphatic heterocycles. The van der Waals surface area contributed by atoms with E-state index in [0.717, 1.165) is 16.8 Å². The fourth-order valence-electron chi connectivity index (χ4n) is 1.75. The van der Waals surface area contributed by atoms with Crippen LogP contribution in [-0.4, -0.2) is 14.7 Å². The molecule has 1 atom stereocenters. The number of rotatable bonds is 4. The van der Waals surface area contributed by atoms with Crippen molar-refractivity contribution in [2.24, 2.45) is 4.40 Å². The third-order valence-corrected chi connectivity index (χ3v) is 4.42. The predicted octanol–water partition coefficient (Wildman–Crippen LogP) is 4.65. The van der Waals surface area contributed by atoms with E-state index in [9.17, 15) is 4.21 Å². The van der Waals surface area contributed by atoms with Crippen LogP contribution in [0.25, 0.3) is 6.08 Å². The third kappa shape index (κ3) is 4.78. The second-order valence-corrected chi connectivity index (χ2v) is 7.85. The van der Waals surface area contributed by atoms with Gasteiger partial charge in [0.05, 0.1) is 10.5 Å². The average Bonchev–Trinajstić information content (AvgIpc) is 2.52. The van der Waals surface area contributed by atoms with E-state index in [0.29, 0.717) is 0 Å². The number of hydrogen-bond acceptors (Lipinski definition) is 1. The summed E-state index contributed by atoms with van der Waals surface area (Å²) in [6, 6.07) is 19.9. The van der Waals surface area contributed by atoms with Gasteiger partial charge in [-0.2, -0.15) is 4.40 Å². The lowest BCUT2D eigenvalue weighted by molar-refractivity contribution is 0.650. The monoisotopic (exact) mass is 311 g/mol. The van der Waals surface area contributed by atoms with E-state index < -0.39 is 11.0 Å². The first-order chi connectivity index (χ1) is 10.5. The molecule has 0 saturated heterocycles. The van der Waals surface area contributed by atoms with Gasteiger partial charge in [0.25, 0.3) is 0 Å². The van der Waals surface area contributed by atoms with Gasteiger partial charge in [-0.05, 0) is 32.4 Å². The van der Waals surface area contributed by atoms with Gasteiger partial charge in [-0.3, -0.25) is 0 Å². The molecule has 0 radical (unpaired) electrons. The molecular formula is C19H21NOS. The first-order valence-electron chi connectivity index (χ1n) is 7.26. The molecule has 0 aliphatic carbocycles. The molecule has 2 rings (SSSR count). The zero-order valence-corrected chi connectivity index (χ0v) is 14.0. The Morgan fingerprint density at radius 2 is 1.50 bits per heavy atom. The van der Waals surface area contributed by atoms with Crippen LogP contribution in [0, 0.1) is 0 Å². The summed E-state index contributed by atoms with van der Waals surface area (Å²) in [6.07, 6.45) is 3.92. The Bertz CT molecular complexity index is 682. The molecule has 0 aromatic heterocycles. The molecule has 0 aliphatic rings. The van der Waals surface area contributed by atoms with Crippen LogP contribution in [0.3, 0.4) is 0 Å². The smallest absolute Gasteiger partial charge is 0.145 e. The standard InChI is InChI=1S/C19H21NOS/c1-19(2,3)22(21)20-18(17-12-8-5-9-13-17)15-14-16-10-6-4-7-11-16/h4-15H,1-3H3/b15-14+,20-18-. The van der Waals surface area contributed by atoms with Crippen molar-refractivity contribution in [3.05, 3.63) is 77.9 Å². The predicted molar refractivity (Wildman–Crippen MR) is 96.4 cm³/mol. The van der Waals surface area contributed by atoms with E-state index in [1.165, 1.54) is 0 Å². The van der Waals surface area contributed by atoms with Crippen LogP contribution in [0.2, 0.25) is 0 Å². The summed E-state index contributed by atoms with van der Waals surface area (Å²) in [5.41, 5.74) is 2.79. The molecule has 2 nitrogen and oxygen atoms in total. The lowest BCUT2D eigenvalue weighted by atomic mass is 10.1. The number of benzene rings is 2. The molecule has 0 spiro atoms. The molecule has 0 saturated carbocycles. The molecule has 2 aromatic rings. The van der Waals surface area contributed by atoms with E-state index in [1.807, 2.05) is 93.6 Å². The fourth-order valence-corrected chi connectivity index (χ4v) is 2.37. The maximum Gasteiger partial charge on any atom is 0.145 e. The summed E-state index contributed by atoms with van der Waals surface area (Å²) in [4.78, 5) is 0. The van der Waals surface area contributed by atoms with Gasteiger partial charge >= 0.3 is 0 Å². The van der Waals surface area contributed by atoms with Crippen LogP contribution in [0.4, 0.5) is 0 Å². The van der Waals surface area contributed by atoms with Crippen molar-refractivity contribution >= 4 is 22.8 Å².